The van der Waals surface area contributed by atoms with Crippen molar-refractivity contribution in [1.82, 2.24) is 5.32 Å². The number of amides is 1. The van der Waals surface area contributed by atoms with Crippen LogP contribution < -0.4 is 11.1 Å². The van der Waals surface area contributed by atoms with E-state index in [4.69, 9.17) is 5.73 Å². The van der Waals surface area contributed by atoms with E-state index in [9.17, 15) is 14.9 Å². The fraction of sp³-hybridized carbons (Fsp3) is 0.500. The highest BCUT2D eigenvalue weighted by Gasteiger charge is 2.16. The fourth-order valence-electron chi connectivity index (χ4n) is 1.98. The summed E-state index contributed by atoms with van der Waals surface area (Å²) in [5.41, 5.74) is 6.66. The number of carbonyl (C=O) groups excluding carboxylic acids is 1. The minimum atomic E-state index is -0.474. The number of hydrogen-bond acceptors (Lipinski definition) is 4. The number of nitro benzene ring substituents is 1. The normalized spacial score (nSPS) is 11.9. The molecule has 1 amide bonds. The monoisotopic (exact) mass is 279 g/mol. The molecule has 1 aromatic carbocycles. The molecule has 0 saturated carbocycles. The van der Waals surface area contributed by atoms with Crippen molar-refractivity contribution in [2.24, 2.45) is 5.73 Å². The van der Waals surface area contributed by atoms with E-state index in [1.807, 2.05) is 0 Å². The standard InChI is InChI=1S/C14H21N3O3/c1-3-4-5-11(9-15)16-14(18)13-7-6-12(17(19)20)8-10(13)2/h6-8,11H,3-5,9,15H2,1-2H3,(H,16,18). The molecule has 0 fully saturated rings. The number of rotatable bonds is 7. The zero-order valence-electron chi connectivity index (χ0n) is 11.9. The molecule has 110 valence electrons. The van der Waals surface area contributed by atoms with Crippen molar-refractivity contribution in [3.05, 3.63) is 39.4 Å². The van der Waals surface area contributed by atoms with Crippen LogP contribution in [0.25, 0.3) is 0 Å². The number of nitrogens with zero attached hydrogens (tertiary/aromatic N) is 1. The zero-order valence-corrected chi connectivity index (χ0v) is 11.9. The number of non-ortho nitro benzene ring substituents is 1. The minimum absolute atomic E-state index is 0.0135. The van der Waals surface area contributed by atoms with Crippen molar-refractivity contribution in [2.75, 3.05) is 6.54 Å². The van der Waals surface area contributed by atoms with E-state index in [0.717, 1.165) is 19.3 Å². The van der Waals surface area contributed by atoms with Crippen molar-refractivity contribution >= 4 is 11.6 Å². The first-order valence-corrected chi connectivity index (χ1v) is 6.75. The van der Waals surface area contributed by atoms with Crippen molar-refractivity contribution in [3.8, 4) is 0 Å². The predicted octanol–water partition coefficient (Wildman–Crippen LogP) is 2.15. The van der Waals surface area contributed by atoms with Gasteiger partial charge in [-0.1, -0.05) is 19.8 Å². The number of benzene rings is 1. The number of unbranched alkanes of at least 4 members (excludes halogenated alkanes) is 1. The van der Waals surface area contributed by atoms with Gasteiger partial charge in [0.25, 0.3) is 11.6 Å². The molecular formula is C14H21N3O3. The van der Waals surface area contributed by atoms with Crippen LogP contribution in [0.3, 0.4) is 0 Å². The van der Waals surface area contributed by atoms with Crippen molar-refractivity contribution < 1.29 is 9.72 Å². The molecule has 1 unspecified atom stereocenters. The van der Waals surface area contributed by atoms with E-state index in [1.165, 1.54) is 18.2 Å². The molecule has 0 aliphatic rings. The van der Waals surface area contributed by atoms with Crippen molar-refractivity contribution in [1.29, 1.82) is 0 Å². The number of nitrogens with two attached hydrogens (primary N) is 1. The van der Waals surface area contributed by atoms with Crippen LogP contribution in [0.15, 0.2) is 18.2 Å². The highest BCUT2D eigenvalue weighted by atomic mass is 16.6. The van der Waals surface area contributed by atoms with Crippen molar-refractivity contribution in [3.63, 3.8) is 0 Å². The third-order valence-electron chi connectivity index (χ3n) is 3.19. The maximum Gasteiger partial charge on any atom is 0.269 e. The molecule has 0 radical (unpaired) electrons. The van der Waals surface area contributed by atoms with E-state index in [2.05, 4.69) is 12.2 Å². The van der Waals surface area contributed by atoms with Gasteiger partial charge in [-0.2, -0.15) is 0 Å². The topological polar surface area (TPSA) is 98.3 Å². The van der Waals surface area contributed by atoms with E-state index in [-0.39, 0.29) is 17.6 Å². The summed E-state index contributed by atoms with van der Waals surface area (Å²) in [6, 6.07) is 4.16. The largest absolute Gasteiger partial charge is 0.348 e. The lowest BCUT2D eigenvalue weighted by Crippen LogP contribution is -2.40. The second-order valence-electron chi connectivity index (χ2n) is 4.80. The first-order chi connectivity index (χ1) is 9.49. The fourth-order valence-corrected chi connectivity index (χ4v) is 1.98. The Hall–Kier alpha value is -1.95. The zero-order chi connectivity index (χ0) is 15.1. The third kappa shape index (κ3) is 4.31. The van der Waals surface area contributed by atoms with Gasteiger partial charge in [-0.05, 0) is 25.0 Å². The molecular weight excluding hydrogens is 258 g/mol. The minimum Gasteiger partial charge on any atom is -0.348 e. The summed E-state index contributed by atoms with van der Waals surface area (Å²) in [6.07, 6.45) is 2.88. The Labute approximate surface area is 118 Å². The maximum atomic E-state index is 12.1. The van der Waals surface area contributed by atoms with Gasteiger partial charge in [0.15, 0.2) is 0 Å². The van der Waals surface area contributed by atoms with E-state index >= 15 is 0 Å². The van der Waals surface area contributed by atoms with Gasteiger partial charge in [-0.3, -0.25) is 14.9 Å². The molecule has 6 heteroatoms. The lowest BCUT2D eigenvalue weighted by atomic mass is 10.1. The van der Waals surface area contributed by atoms with E-state index in [0.29, 0.717) is 17.7 Å². The van der Waals surface area contributed by atoms with Gasteiger partial charge in [0.1, 0.15) is 0 Å². The van der Waals surface area contributed by atoms with Gasteiger partial charge in [0.05, 0.1) is 4.92 Å². The number of nitrogens with one attached hydrogen (secondary N) is 1. The molecule has 6 nitrogen and oxygen atoms in total. The molecule has 0 saturated heterocycles. The van der Waals surface area contributed by atoms with Crippen LogP contribution in [0.1, 0.15) is 42.1 Å². The van der Waals surface area contributed by atoms with Gasteiger partial charge in [-0.15, -0.1) is 0 Å². The lowest BCUT2D eigenvalue weighted by Gasteiger charge is -2.17. The Morgan fingerprint density at radius 3 is 2.70 bits per heavy atom. The summed E-state index contributed by atoms with van der Waals surface area (Å²) in [6.45, 7) is 4.15. The first kappa shape index (κ1) is 16.1. The Balaban J connectivity index is 2.79. The van der Waals surface area contributed by atoms with Crippen LogP contribution in [0.2, 0.25) is 0 Å². The molecule has 1 rings (SSSR count). The Kier molecular flexibility index (Phi) is 6.11. The summed E-state index contributed by atoms with van der Waals surface area (Å²) in [5, 5.41) is 13.5. The smallest absolute Gasteiger partial charge is 0.269 e. The van der Waals surface area contributed by atoms with Crippen molar-refractivity contribution in [2.45, 2.75) is 39.2 Å². The lowest BCUT2D eigenvalue weighted by molar-refractivity contribution is -0.384. The average Bonchev–Trinajstić information content (AvgIpc) is 2.42. The van der Waals surface area contributed by atoms with Gasteiger partial charge in [0.2, 0.25) is 0 Å². The molecule has 0 bridgehead atoms. The SMILES string of the molecule is CCCCC(CN)NC(=O)c1ccc([N+](=O)[O-])cc1C. The number of aryl methyl sites for hydroxylation is 1. The van der Waals surface area contributed by atoms with Gasteiger partial charge in [-0.25, -0.2) is 0 Å². The second kappa shape index (κ2) is 7.59. The summed E-state index contributed by atoms with van der Waals surface area (Å²) in [7, 11) is 0. The molecule has 1 atom stereocenters. The summed E-state index contributed by atoms with van der Waals surface area (Å²) < 4.78 is 0. The third-order valence-corrected chi connectivity index (χ3v) is 3.19. The first-order valence-electron chi connectivity index (χ1n) is 6.75. The summed E-state index contributed by atoms with van der Waals surface area (Å²) in [5.74, 6) is -0.232. The van der Waals surface area contributed by atoms with Gasteiger partial charge in [0, 0.05) is 30.3 Å². The highest BCUT2D eigenvalue weighted by molar-refractivity contribution is 5.96. The number of hydrogen-bond donors (Lipinski definition) is 2. The van der Waals surface area contributed by atoms with Crippen LogP contribution >= 0.6 is 0 Å². The van der Waals surface area contributed by atoms with Crippen LogP contribution in [-0.2, 0) is 0 Å². The average molecular weight is 279 g/mol. The molecule has 0 heterocycles. The quantitative estimate of drug-likeness (QED) is 0.590. The Morgan fingerprint density at radius 1 is 1.50 bits per heavy atom. The predicted molar refractivity (Wildman–Crippen MR) is 77.7 cm³/mol. The van der Waals surface area contributed by atoms with Crippen LogP contribution in [0, 0.1) is 17.0 Å². The molecule has 0 aliphatic heterocycles. The molecule has 0 spiro atoms. The van der Waals surface area contributed by atoms with E-state index in [1.54, 1.807) is 6.92 Å². The molecule has 1 aromatic rings. The highest BCUT2D eigenvalue weighted by Crippen LogP contribution is 2.17. The Bertz CT molecular complexity index is 489. The second-order valence-corrected chi connectivity index (χ2v) is 4.80. The number of carbonyl (C=O) groups is 1. The van der Waals surface area contributed by atoms with Crippen LogP contribution in [0.5, 0.6) is 0 Å². The van der Waals surface area contributed by atoms with Gasteiger partial charge < -0.3 is 11.1 Å². The van der Waals surface area contributed by atoms with Crippen LogP contribution in [-0.4, -0.2) is 23.4 Å². The molecule has 3 N–H and O–H groups in total. The summed E-state index contributed by atoms with van der Waals surface area (Å²) in [4.78, 5) is 22.3. The molecule has 0 aromatic heterocycles. The molecule has 20 heavy (non-hydrogen) atoms. The summed E-state index contributed by atoms with van der Waals surface area (Å²) >= 11 is 0. The number of nitro groups is 1. The van der Waals surface area contributed by atoms with Crippen LogP contribution in [0.4, 0.5) is 5.69 Å². The Morgan fingerprint density at radius 2 is 2.20 bits per heavy atom. The molecule has 0 aliphatic carbocycles. The maximum absolute atomic E-state index is 12.1. The van der Waals surface area contributed by atoms with Gasteiger partial charge >= 0.3 is 0 Å². The van der Waals surface area contributed by atoms with E-state index < -0.39 is 4.92 Å².